The summed E-state index contributed by atoms with van der Waals surface area (Å²) < 4.78 is 7.22. The minimum atomic E-state index is 0.348. The third-order valence-electron chi connectivity index (χ3n) is 2.91. The largest absolute Gasteiger partial charge is 0.384 e. The fourth-order valence-electron chi connectivity index (χ4n) is 2.03. The van der Waals surface area contributed by atoms with Crippen LogP contribution in [-0.4, -0.2) is 26.1 Å². The van der Waals surface area contributed by atoms with E-state index in [1.165, 1.54) is 0 Å². The first-order valence-electron chi connectivity index (χ1n) is 6.41. The highest BCUT2D eigenvalue weighted by atomic mass is 16.5. The molecule has 6 nitrogen and oxygen atoms in total. The van der Waals surface area contributed by atoms with Crippen LogP contribution in [0.25, 0.3) is 16.9 Å². The van der Waals surface area contributed by atoms with Gasteiger partial charge in [-0.2, -0.15) is 0 Å². The van der Waals surface area contributed by atoms with Crippen molar-refractivity contribution < 1.29 is 4.74 Å². The Morgan fingerprint density at radius 1 is 1.25 bits per heavy atom. The summed E-state index contributed by atoms with van der Waals surface area (Å²) in [6.07, 6.45) is 1.73. The normalized spacial score (nSPS) is 11.1. The molecule has 1 aromatic carbocycles. The van der Waals surface area contributed by atoms with E-state index in [0.29, 0.717) is 30.7 Å². The van der Waals surface area contributed by atoms with E-state index in [-0.39, 0.29) is 0 Å². The highest BCUT2D eigenvalue weighted by Gasteiger charge is 2.08. The second kappa shape index (κ2) is 5.26. The number of para-hydroxylation sites is 2. The van der Waals surface area contributed by atoms with Crippen LogP contribution in [0.1, 0.15) is 12.7 Å². The summed E-state index contributed by atoms with van der Waals surface area (Å²) in [6.45, 7) is 2.89. The Labute approximate surface area is 116 Å². The van der Waals surface area contributed by atoms with Gasteiger partial charge >= 0.3 is 0 Å². The zero-order valence-corrected chi connectivity index (χ0v) is 11.2. The maximum atomic E-state index is 5.84. The predicted octanol–water partition coefficient (Wildman–Crippen LogP) is 1.93. The average molecular weight is 269 g/mol. The smallest absolute Gasteiger partial charge is 0.158 e. The van der Waals surface area contributed by atoms with Crippen molar-refractivity contribution >= 4 is 16.9 Å². The Kier molecular flexibility index (Phi) is 3.30. The summed E-state index contributed by atoms with van der Waals surface area (Å²) >= 11 is 0. The third kappa shape index (κ3) is 2.33. The molecule has 0 fully saturated rings. The van der Waals surface area contributed by atoms with E-state index in [9.17, 15) is 0 Å². The zero-order chi connectivity index (χ0) is 13.9. The SMILES string of the molecule is CCOCc1nc(N)cc(-n2cnc3ccccc32)n1. The second-order valence-electron chi connectivity index (χ2n) is 4.31. The van der Waals surface area contributed by atoms with Gasteiger partial charge in [-0.3, -0.25) is 4.57 Å². The van der Waals surface area contributed by atoms with E-state index >= 15 is 0 Å². The first-order valence-corrected chi connectivity index (χ1v) is 6.41. The monoisotopic (exact) mass is 269 g/mol. The third-order valence-corrected chi connectivity index (χ3v) is 2.91. The summed E-state index contributed by atoms with van der Waals surface area (Å²) in [4.78, 5) is 13.0. The van der Waals surface area contributed by atoms with Crippen LogP contribution in [0.5, 0.6) is 0 Å². The van der Waals surface area contributed by atoms with Gasteiger partial charge in [0, 0.05) is 12.7 Å². The highest BCUT2D eigenvalue weighted by Crippen LogP contribution is 2.17. The molecule has 0 spiro atoms. The topological polar surface area (TPSA) is 78.9 Å². The van der Waals surface area contributed by atoms with Crippen molar-refractivity contribution in [2.45, 2.75) is 13.5 Å². The van der Waals surface area contributed by atoms with Crippen LogP contribution in [0.3, 0.4) is 0 Å². The lowest BCUT2D eigenvalue weighted by atomic mass is 10.3. The van der Waals surface area contributed by atoms with Crippen LogP contribution >= 0.6 is 0 Å². The molecular weight excluding hydrogens is 254 g/mol. The summed E-state index contributed by atoms with van der Waals surface area (Å²) in [6, 6.07) is 9.59. The number of hydrogen-bond acceptors (Lipinski definition) is 5. The van der Waals surface area contributed by atoms with Gasteiger partial charge in [0.2, 0.25) is 0 Å². The van der Waals surface area contributed by atoms with Gasteiger partial charge in [-0.05, 0) is 19.1 Å². The Hall–Kier alpha value is -2.47. The van der Waals surface area contributed by atoms with E-state index in [2.05, 4.69) is 15.0 Å². The maximum Gasteiger partial charge on any atom is 0.158 e. The molecule has 2 heterocycles. The lowest BCUT2D eigenvalue weighted by Gasteiger charge is -2.07. The fraction of sp³-hybridized carbons (Fsp3) is 0.214. The molecule has 102 valence electrons. The van der Waals surface area contributed by atoms with Crippen molar-refractivity contribution in [3.8, 4) is 5.82 Å². The van der Waals surface area contributed by atoms with Crippen molar-refractivity contribution in [2.75, 3.05) is 12.3 Å². The number of hydrogen-bond donors (Lipinski definition) is 1. The number of nitrogens with two attached hydrogens (primary N) is 1. The molecule has 2 aromatic heterocycles. The van der Waals surface area contributed by atoms with E-state index in [4.69, 9.17) is 10.5 Å². The predicted molar refractivity (Wildman–Crippen MR) is 76.4 cm³/mol. The standard InChI is InChI=1S/C14H15N5O/c1-2-20-8-13-17-12(15)7-14(18-13)19-9-16-10-5-3-4-6-11(10)19/h3-7,9H,2,8H2,1H3,(H2,15,17,18). The van der Waals surface area contributed by atoms with Gasteiger partial charge in [-0.15, -0.1) is 0 Å². The summed E-state index contributed by atoms with van der Waals surface area (Å²) in [7, 11) is 0. The molecule has 0 aliphatic carbocycles. The van der Waals surface area contributed by atoms with E-state index < -0.39 is 0 Å². The van der Waals surface area contributed by atoms with Crippen molar-refractivity contribution in [1.82, 2.24) is 19.5 Å². The summed E-state index contributed by atoms with van der Waals surface area (Å²) in [5, 5.41) is 0. The maximum absolute atomic E-state index is 5.84. The first kappa shape index (κ1) is 12.6. The molecule has 0 atom stereocenters. The number of nitrogen functional groups attached to an aromatic ring is 1. The van der Waals surface area contributed by atoms with Crippen LogP contribution in [0.4, 0.5) is 5.82 Å². The van der Waals surface area contributed by atoms with Crippen molar-refractivity contribution in [2.24, 2.45) is 0 Å². The van der Waals surface area contributed by atoms with Gasteiger partial charge in [-0.25, -0.2) is 15.0 Å². The van der Waals surface area contributed by atoms with Gasteiger partial charge < -0.3 is 10.5 Å². The molecule has 20 heavy (non-hydrogen) atoms. The molecular formula is C14H15N5O. The average Bonchev–Trinajstić information content (AvgIpc) is 2.88. The van der Waals surface area contributed by atoms with Crippen molar-refractivity contribution in [1.29, 1.82) is 0 Å². The lowest BCUT2D eigenvalue weighted by molar-refractivity contribution is 0.128. The molecule has 0 amide bonds. The number of imidazole rings is 1. The van der Waals surface area contributed by atoms with Gasteiger partial charge in [0.25, 0.3) is 0 Å². The molecule has 0 bridgehead atoms. The number of anilines is 1. The molecule has 0 saturated heterocycles. The molecule has 6 heteroatoms. The molecule has 3 aromatic rings. The Morgan fingerprint density at radius 3 is 2.95 bits per heavy atom. The number of rotatable bonds is 4. The van der Waals surface area contributed by atoms with Gasteiger partial charge in [0.1, 0.15) is 24.6 Å². The number of aromatic nitrogens is 4. The Morgan fingerprint density at radius 2 is 2.10 bits per heavy atom. The van der Waals surface area contributed by atoms with Crippen LogP contribution in [0.2, 0.25) is 0 Å². The minimum Gasteiger partial charge on any atom is -0.384 e. The molecule has 0 aliphatic rings. The second-order valence-corrected chi connectivity index (χ2v) is 4.31. The van der Waals surface area contributed by atoms with E-state index in [1.807, 2.05) is 35.8 Å². The van der Waals surface area contributed by atoms with Crippen LogP contribution in [0.15, 0.2) is 36.7 Å². The molecule has 0 radical (unpaired) electrons. The van der Waals surface area contributed by atoms with E-state index in [1.54, 1.807) is 12.4 Å². The van der Waals surface area contributed by atoms with Crippen LogP contribution in [-0.2, 0) is 11.3 Å². The molecule has 0 saturated carbocycles. The summed E-state index contributed by atoms with van der Waals surface area (Å²) in [5.41, 5.74) is 7.73. The van der Waals surface area contributed by atoms with Gasteiger partial charge in [0.05, 0.1) is 11.0 Å². The van der Waals surface area contributed by atoms with Gasteiger partial charge in [0.15, 0.2) is 5.82 Å². The quantitative estimate of drug-likeness (QED) is 0.783. The Balaban J connectivity index is 2.07. The molecule has 3 rings (SSSR count). The highest BCUT2D eigenvalue weighted by molar-refractivity contribution is 5.76. The van der Waals surface area contributed by atoms with Crippen molar-refractivity contribution in [3.63, 3.8) is 0 Å². The minimum absolute atomic E-state index is 0.348. The molecule has 0 aliphatic heterocycles. The molecule has 2 N–H and O–H groups in total. The number of ether oxygens (including phenoxy) is 1. The Bertz CT molecular complexity index is 737. The number of benzene rings is 1. The molecule has 0 unspecified atom stereocenters. The fourth-order valence-corrected chi connectivity index (χ4v) is 2.03. The van der Waals surface area contributed by atoms with Crippen molar-refractivity contribution in [3.05, 3.63) is 42.5 Å². The number of fused-ring (bicyclic) bond motifs is 1. The van der Waals surface area contributed by atoms with Crippen LogP contribution in [0, 0.1) is 0 Å². The first-order chi connectivity index (χ1) is 9.78. The number of nitrogens with zero attached hydrogens (tertiary/aromatic N) is 4. The lowest BCUT2D eigenvalue weighted by Crippen LogP contribution is -2.06. The summed E-state index contributed by atoms with van der Waals surface area (Å²) in [5.74, 6) is 1.68. The van der Waals surface area contributed by atoms with E-state index in [0.717, 1.165) is 11.0 Å². The van der Waals surface area contributed by atoms with Gasteiger partial charge in [-0.1, -0.05) is 12.1 Å². The van der Waals surface area contributed by atoms with Crippen LogP contribution < -0.4 is 5.73 Å². The zero-order valence-electron chi connectivity index (χ0n) is 11.2.